The van der Waals surface area contributed by atoms with E-state index in [0.29, 0.717) is 25.7 Å². The van der Waals surface area contributed by atoms with Crippen molar-refractivity contribution in [2.45, 2.75) is 419 Å². The highest BCUT2D eigenvalue weighted by Gasteiger charge is 2.30. The molecule has 0 aliphatic heterocycles. The van der Waals surface area contributed by atoms with Crippen molar-refractivity contribution in [2.24, 2.45) is 5.92 Å². The van der Waals surface area contributed by atoms with E-state index in [4.69, 9.17) is 37.0 Å². The summed E-state index contributed by atoms with van der Waals surface area (Å²) in [5.41, 5.74) is 0. The summed E-state index contributed by atoms with van der Waals surface area (Å²) in [7, 11) is -9.91. The van der Waals surface area contributed by atoms with Crippen LogP contribution >= 0.6 is 15.6 Å². The summed E-state index contributed by atoms with van der Waals surface area (Å²) in [4.78, 5) is 72.8. The van der Waals surface area contributed by atoms with Crippen molar-refractivity contribution < 1.29 is 80.2 Å². The number of hydrogen-bond donors (Lipinski definition) is 3. The lowest BCUT2D eigenvalue weighted by molar-refractivity contribution is -0.161. The zero-order chi connectivity index (χ0) is 69.8. The fraction of sp³-hybridized carbons (Fsp3) is 0.947. The van der Waals surface area contributed by atoms with Crippen LogP contribution in [0.3, 0.4) is 0 Å². The maximum atomic E-state index is 13.1. The van der Waals surface area contributed by atoms with Gasteiger partial charge in [-0.05, 0) is 31.6 Å². The van der Waals surface area contributed by atoms with E-state index in [9.17, 15) is 43.2 Å². The first-order valence-electron chi connectivity index (χ1n) is 39.6. The summed E-state index contributed by atoms with van der Waals surface area (Å²) >= 11 is 0. The van der Waals surface area contributed by atoms with Gasteiger partial charge < -0.3 is 33.8 Å². The van der Waals surface area contributed by atoms with Gasteiger partial charge in [0, 0.05) is 25.7 Å². The maximum absolute atomic E-state index is 13.1. The van der Waals surface area contributed by atoms with Gasteiger partial charge in [-0.3, -0.25) is 37.3 Å². The van der Waals surface area contributed by atoms with E-state index in [1.807, 2.05) is 0 Å². The van der Waals surface area contributed by atoms with Gasteiger partial charge in [-0.2, -0.15) is 0 Å². The lowest BCUT2D eigenvalue weighted by Crippen LogP contribution is -2.30. The zero-order valence-corrected chi connectivity index (χ0v) is 63.6. The number of aliphatic hydroxyl groups excluding tert-OH is 1. The number of phosphoric acid groups is 2. The molecule has 5 atom stereocenters. The second kappa shape index (κ2) is 69.2. The molecule has 0 rings (SSSR count). The minimum atomic E-state index is -4.96. The average molecular weight is 1400 g/mol. The normalized spacial score (nSPS) is 13.9. The van der Waals surface area contributed by atoms with Crippen molar-refractivity contribution >= 4 is 39.5 Å². The van der Waals surface area contributed by atoms with E-state index in [2.05, 4.69) is 34.6 Å². The van der Waals surface area contributed by atoms with E-state index in [1.165, 1.54) is 225 Å². The molecule has 0 bridgehead atoms. The van der Waals surface area contributed by atoms with Gasteiger partial charge in [0.05, 0.1) is 26.4 Å². The lowest BCUT2D eigenvalue weighted by atomic mass is 10.0. The number of carbonyl (C=O) groups excluding carboxylic acids is 4. The van der Waals surface area contributed by atoms with Gasteiger partial charge in [0.25, 0.3) is 0 Å². The average Bonchev–Trinajstić information content (AvgIpc) is 2.05. The van der Waals surface area contributed by atoms with Gasteiger partial charge in [0.15, 0.2) is 12.2 Å². The van der Waals surface area contributed by atoms with E-state index >= 15 is 0 Å². The van der Waals surface area contributed by atoms with Crippen molar-refractivity contribution in [3.8, 4) is 0 Å². The Balaban J connectivity index is 5.22. The highest BCUT2D eigenvalue weighted by Crippen LogP contribution is 2.45. The highest BCUT2D eigenvalue weighted by atomic mass is 31.2. The SMILES string of the molecule is CCCCCCCCCCCCCCCCCCCCCC(=O)O[C@H](COC(=O)CCCCCCCCCCCCCC(C)C)COP(=O)(O)OC[C@@H](O)COP(=O)(O)OC[C@@H](COC(=O)CCCCCCCCCCCCC)OC(=O)CCCCCCCCCCCCC. The number of rotatable bonds is 76. The molecule has 0 radical (unpaired) electrons. The zero-order valence-electron chi connectivity index (χ0n) is 61.8. The molecule has 0 aliphatic rings. The number of carbonyl (C=O) groups is 4. The second-order valence-electron chi connectivity index (χ2n) is 27.9. The van der Waals surface area contributed by atoms with Crippen molar-refractivity contribution in [1.82, 2.24) is 0 Å². The molecule has 0 saturated heterocycles. The largest absolute Gasteiger partial charge is 0.472 e. The van der Waals surface area contributed by atoms with Gasteiger partial charge in [0.2, 0.25) is 0 Å². The smallest absolute Gasteiger partial charge is 0.462 e. The van der Waals surface area contributed by atoms with Gasteiger partial charge in [-0.15, -0.1) is 0 Å². The Morgan fingerprint density at radius 2 is 0.484 bits per heavy atom. The highest BCUT2D eigenvalue weighted by molar-refractivity contribution is 7.47. The molecule has 95 heavy (non-hydrogen) atoms. The Hall–Kier alpha value is -1.94. The predicted octanol–water partition coefficient (Wildman–Crippen LogP) is 22.5. The maximum Gasteiger partial charge on any atom is 0.472 e. The van der Waals surface area contributed by atoms with Crippen LogP contribution in [0.5, 0.6) is 0 Å². The molecule has 0 aliphatic carbocycles. The van der Waals surface area contributed by atoms with Crippen LogP contribution in [0.1, 0.15) is 401 Å². The first-order valence-corrected chi connectivity index (χ1v) is 42.6. The van der Waals surface area contributed by atoms with Crippen LogP contribution in [-0.2, 0) is 65.4 Å². The number of aliphatic hydroxyl groups is 1. The van der Waals surface area contributed by atoms with Crippen LogP contribution in [-0.4, -0.2) is 96.7 Å². The van der Waals surface area contributed by atoms with E-state index < -0.39 is 97.5 Å². The molecule has 2 unspecified atom stereocenters. The van der Waals surface area contributed by atoms with Crippen LogP contribution < -0.4 is 0 Å². The summed E-state index contributed by atoms with van der Waals surface area (Å²) in [6.07, 6.45) is 58.2. The molecule has 17 nitrogen and oxygen atoms in total. The van der Waals surface area contributed by atoms with E-state index in [1.54, 1.807) is 0 Å². The Bertz CT molecular complexity index is 1820. The minimum Gasteiger partial charge on any atom is -0.462 e. The molecule has 0 aromatic heterocycles. The number of ether oxygens (including phenoxy) is 4. The van der Waals surface area contributed by atoms with Gasteiger partial charge >= 0.3 is 39.5 Å². The summed E-state index contributed by atoms with van der Waals surface area (Å²) in [6, 6.07) is 0. The van der Waals surface area contributed by atoms with Crippen molar-refractivity contribution in [1.29, 1.82) is 0 Å². The molecule has 0 spiro atoms. The van der Waals surface area contributed by atoms with E-state index in [0.717, 1.165) is 95.8 Å². The fourth-order valence-corrected chi connectivity index (χ4v) is 13.3. The molecule has 0 aromatic carbocycles. The third kappa shape index (κ3) is 70.3. The molecule has 19 heteroatoms. The Kier molecular flexibility index (Phi) is 67.7. The van der Waals surface area contributed by atoms with Crippen LogP contribution in [0.2, 0.25) is 0 Å². The minimum absolute atomic E-state index is 0.107. The van der Waals surface area contributed by atoms with E-state index in [-0.39, 0.29) is 25.7 Å². The van der Waals surface area contributed by atoms with Crippen LogP contribution in [0.25, 0.3) is 0 Å². The van der Waals surface area contributed by atoms with Crippen LogP contribution in [0.4, 0.5) is 0 Å². The first kappa shape index (κ1) is 93.1. The predicted molar refractivity (Wildman–Crippen MR) is 386 cm³/mol. The molecular weight excluding hydrogens is 1250 g/mol. The van der Waals surface area contributed by atoms with Crippen LogP contribution in [0.15, 0.2) is 0 Å². The Morgan fingerprint density at radius 3 is 0.716 bits per heavy atom. The lowest BCUT2D eigenvalue weighted by Gasteiger charge is -2.21. The van der Waals surface area contributed by atoms with Gasteiger partial charge in [-0.1, -0.05) is 349 Å². The van der Waals surface area contributed by atoms with Crippen molar-refractivity contribution in [2.75, 3.05) is 39.6 Å². The molecule has 564 valence electrons. The molecule has 0 heterocycles. The van der Waals surface area contributed by atoms with Crippen molar-refractivity contribution in [3.05, 3.63) is 0 Å². The molecule has 3 N–H and O–H groups in total. The molecule has 0 fully saturated rings. The molecule has 0 aromatic rings. The number of esters is 4. The summed E-state index contributed by atoms with van der Waals surface area (Å²) in [6.45, 7) is 7.29. The third-order valence-electron chi connectivity index (χ3n) is 17.8. The second-order valence-corrected chi connectivity index (χ2v) is 30.8. The van der Waals surface area contributed by atoms with Gasteiger partial charge in [-0.25, -0.2) is 9.13 Å². The fourth-order valence-electron chi connectivity index (χ4n) is 11.7. The number of phosphoric ester groups is 2. The van der Waals surface area contributed by atoms with Gasteiger partial charge in [0.1, 0.15) is 19.3 Å². The summed E-state index contributed by atoms with van der Waals surface area (Å²) in [5.74, 6) is -1.34. The first-order chi connectivity index (χ1) is 46.0. The quantitative estimate of drug-likeness (QED) is 0.0222. The molecule has 0 amide bonds. The Labute approximate surface area is 581 Å². The standard InChI is InChI=1S/C76H148O17P2/c1-6-9-12-15-18-21-24-25-26-27-28-29-30-31-36-42-47-52-57-62-76(81)93-72(66-87-74(79)60-55-50-45-40-37-32-35-38-43-48-53-58-69(4)5)68-91-95(84,85)89-64-70(77)63-88-94(82,83)90-67-71(92-75(80)61-56-51-46-41-34-23-20-17-14-11-8-3)65-86-73(78)59-54-49-44-39-33-22-19-16-13-10-7-2/h69-72,77H,6-68H2,1-5H3,(H,82,83)(H,84,85)/t70-,71+,72+/m0/s1. The monoisotopic (exact) mass is 1400 g/mol. The van der Waals surface area contributed by atoms with Crippen molar-refractivity contribution in [3.63, 3.8) is 0 Å². The number of unbranched alkanes of at least 4 members (excludes halogenated alkanes) is 48. The molecular formula is C76H148O17P2. The summed E-state index contributed by atoms with van der Waals surface area (Å²) in [5, 5.41) is 10.6. The number of hydrogen-bond acceptors (Lipinski definition) is 15. The van der Waals surface area contributed by atoms with Crippen LogP contribution in [0, 0.1) is 5.92 Å². The summed E-state index contributed by atoms with van der Waals surface area (Å²) < 4.78 is 68.5. The topological polar surface area (TPSA) is 237 Å². The molecule has 0 saturated carbocycles. The third-order valence-corrected chi connectivity index (χ3v) is 19.7. The Morgan fingerprint density at radius 1 is 0.284 bits per heavy atom.